The number of nitrogens with two attached hydrogens (primary N) is 1. The molecule has 1 rings (SSSR count). The molecule has 0 saturated carbocycles. The highest BCUT2D eigenvalue weighted by Crippen LogP contribution is 2.20. The molecule has 0 aliphatic carbocycles. The van der Waals surface area contributed by atoms with Crippen molar-refractivity contribution in [2.24, 2.45) is 5.73 Å². The average Bonchev–Trinajstić information content (AvgIpc) is 2.37. The second-order valence-electron chi connectivity index (χ2n) is 3.68. The van der Waals surface area contributed by atoms with E-state index in [2.05, 4.69) is 10.1 Å². The highest BCUT2D eigenvalue weighted by atomic mass is 35.5. The minimum absolute atomic E-state index is 0.0127. The van der Waals surface area contributed by atoms with Gasteiger partial charge in [0.2, 0.25) is 11.8 Å². The van der Waals surface area contributed by atoms with Gasteiger partial charge in [0.25, 0.3) is 0 Å². The normalized spacial score (nSPS) is 9.79. The minimum Gasteiger partial charge on any atom is -0.469 e. The maximum atomic E-state index is 11.5. The number of rotatable bonds is 5. The summed E-state index contributed by atoms with van der Waals surface area (Å²) in [6, 6.07) is 4.36. The molecule has 3 N–H and O–H groups in total. The van der Waals surface area contributed by atoms with Crippen LogP contribution < -0.4 is 11.1 Å². The molecule has 0 saturated heterocycles. The van der Waals surface area contributed by atoms with E-state index in [1.54, 1.807) is 0 Å². The monoisotopic (exact) mass is 284 g/mol. The van der Waals surface area contributed by atoms with Crippen LogP contribution in [0.15, 0.2) is 18.2 Å². The zero-order chi connectivity index (χ0) is 14.4. The first kappa shape index (κ1) is 15.0. The van der Waals surface area contributed by atoms with Crippen LogP contribution in [0.2, 0.25) is 5.02 Å². The van der Waals surface area contributed by atoms with Gasteiger partial charge in [-0.3, -0.25) is 14.4 Å². The molecule has 0 spiro atoms. The van der Waals surface area contributed by atoms with Crippen molar-refractivity contribution >= 4 is 35.1 Å². The number of esters is 1. The Hall–Kier alpha value is -2.08. The molecule has 0 fully saturated rings. The Labute approximate surface area is 114 Å². The van der Waals surface area contributed by atoms with Gasteiger partial charge in [-0.1, -0.05) is 11.6 Å². The van der Waals surface area contributed by atoms with Crippen molar-refractivity contribution in [1.82, 2.24) is 0 Å². The van der Waals surface area contributed by atoms with Gasteiger partial charge in [0.1, 0.15) is 0 Å². The molecule has 0 atom stereocenters. The number of nitrogens with one attached hydrogen (secondary N) is 1. The van der Waals surface area contributed by atoms with E-state index in [0.29, 0.717) is 5.69 Å². The number of hydrogen-bond acceptors (Lipinski definition) is 4. The molecule has 6 nitrogen and oxygen atoms in total. The molecule has 19 heavy (non-hydrogen) atoms. The summed E-state index contributed by atoms with van der Waals surface area (Å²) in [6.07, 6.45) is -0.0280. The van der Waals surface area contributed by atoms with E-state index in [-0.39, 0.29) is 29.3 Å². The van der Waals surface area contributed by atoms with Crippen molar-refractivity contribution in [3.05, 3.63) is 28.8 Å². The Kier molecular flexibility index (Phi) is 5.32. The Morgan fingerprint density at radius 3 is 2.58 bits per heavy atom. The van der Waals surface area contributed by atoms with Gasteiger partial charge in [-0.05, 0) is 18.2 Å². The maximum Gasteiger partial charge on any atom is 0.306 e. The second-order valence-corrected chi connectivity index (χ2v) is 4.09. The number of amides is 2. The average molecular weight is 285 g/mol. The van der Waals surface area contributed by atoms with Gasteiger partial charge in [-0.25, -0.2) is 0 Å². The van der Waals surface area contributed by atoms with Crippen LogP contribution in [0.3, 0.4) is 0 Å². The van der Waals surface area contributed by atoms with Crippen LogP contribution in [-0.2, 0) is 14.3 Å². The first-order valence-electron chi connectivity index (χ1n) is 5.40. The van der Waals surface area contributed by atoms with E-state index in [9.17, 15) is 14.4 Å². The first-order chi connectivity index (χ1) is 8.93. The number of methoxy groups -OCH3 is 1. The molecule has 0 aliphatic heterocycles. The standard InChI is InChI=1S/C12H13ClN2O4/c1-19-11(17)5-4-10(16)15-7-2-3-9(13)8(6-7)12(14)18/h2-3,6H,4-5H2,1H3,(H2,14,18)(H,15,16). The fraction of sp³-hybridized carbons (Fsp3) is 0.250. The first-order valence-corrected chi connectivity index (χ1v) is 5.78. The molecule has 1 aromatic carbocycles. The van der Waals surface area contributed by atoms with E-state index in [0.717, 1.165) is 0 Å². The van der Waals surface area contributed by atoms with E-state index in [4.69, 9.17) is 17.3 Å². The Morgan fingerprint density at radius 1 is 1.32 bits per heavy atom. The number of anilines is 1. The summed E-state index contributed by atoms with van der Waals surface area (Å²) < 4.78 is 4.42. The number of carbonyl (C=O) groups is 3. The van der Waals surface area contributed by atoms with Crippen LogP contribution in [-0.4, -0.2) is 24.9 Å². The lowest BCUT2D eigenvalue weighted by Gasteiger charge is -2.07. The molecular weight excluding hydrogens is 272 g/mol. The molecule has 0 aliphatic rings. The number of carbonyl (C=O) groups excluding carboxylic acids is 3. The van der Waals surface area contributed by atoms with Gasteiger partial charge in [0.15, 0.2) is 0 Å². The lowest BCUT2D eigenvalue weighted by Crippen LogP contribution is -2.16. The van der Waals surface area contributed by atoms with Gasteiger partial charge in [0.05, 0.1) is 24.1 Å². The fourth-order valence-corrected chi connectivity index (χ4v) is 1.54. The SMILES string of the molecule is COC(=O)CCC(=O)Nc1ccc(Cl)c(C(N)=O)c1. The van der Waals surface area contributed by atoms with Crippen LogP contribution in [0.1, 0.15) is 23.2 Å². The number of benzene rings is 1. The molecule has 0 radical (unpaired) electrons. The van der Waals surface area contributed by atoms with Crippen LogP contribution in [0.5, 0.6) is 0 Å². The second kappa shape index (κ2) is 6.75. The van der Waals surface area contributed by atoms with Crippen molar-refractivity contribution < 1.29 is 19.1 Å². The summed E-state index contributed by atoms with van der Waals surface area (Å²) in [7, 11) is 1.25. The van der Waals surface area contributed by atoms with Crippen LogP contribution in [0.4, 0.5) is 5.69 Å². The molecule has 1 aromatic rings. The molecule has 7 heteroatoms. The summed E-state index contributed by atoms with van der Waals surface area (Å²) in [4.78, 5) is 33.5. The third-order valence-electron chi connectivity index (χ3n) is 2.30. The van der Waals surface area contributed by atoms with Crippen molar-refractivity contribution in [3.8, 4) is 0 Å². The summed E-state index contributed by atoms with van der Waals surface area (Å²) >= 11 is 5.77. The van der Waals surface area contributed by atoms with Crippen molar-refractivity contribution in [3.63, 3.8) is 0 Å². The highest BCUT2D eigenvalue weighted by Gasteiger charge is 2.10. The third-order valence-corrected chi connectivity index (χ3v) is 2.63. The maximum absolute atomic E-state index is 11.5. The lowest BCUT2D eigenvalue weighted by atomic mass is 10.2. The predicted octanol–water partition coefficient (Wildman–Crippen LogP) is 1.33. The van der Waals surface area contributed by atoms with Crippen LogP contribution in [0.25, 0.3) is 0 Å². The van der Waals surface area contributed by atoms with Gasteiger partial charge >= 0.3 is 5.97 Å². The number of halogens is 1. The molecule has 102 valence electrons. The topological polar surface area (TPSA) is 98.5 Å². The zero-order valence-electron chi connectivity index (χ0n) is 10.2. The summed E-state index contributed by atoms with van der Waals surface area (Å²) in [5.74, 6) is -1.53. The number of hydrogen-bond donors (Lipinski definition) is 2. The van der Waals surface area contributed by atoms with Gasteiger partial charge in [0, 0.05) is 12.1 Å². The van der Waals surface area contributed by atoms with Crippen molar-refractivity contribution in [2.75, 3.05) is 12.4 Å². The molecule has 0 aromatic heterocycles. The lowest BCUT2D eigenvalue weighted by molar-refractivity contribution is -0.141. The summed E-state index contributed by atoms with van der Waals surface area (Å²) in [6.45, 7) is 0. The Balaban J connectivity index is 2.67. The van der Waals surface area contributed by atoms with Gasteiger partial charge < -0.3 is 15.8 Å². The number of ether oxygens (including phenoxy) is 1. The van der Waals surface area contributed by atoms with Crippen LogP contribution in [0, 0.1) is 0 Å². The van der Waals surface area contributed by atoms with Gasteiger partial charge in [-0.15, -0.1) is 0 Å². The Bertz CT molecular complexity index is 516. The van der Waals surface area contributed by atoms with E-state index in [1.807, 2.05) is 0 Å². The van der Waals surface area contributed by atoms with Crippen molar-refractivity contribution in [2.45, 2.75) is 12.8 Å². The smallest absolute Gasteiger partial charge is 0.306 e. The quantitative estimate of drug-likeness (QED) is 0.797. The Morgan fingerprint density at radius 2 is 2.00 bits per heavy atom. The van der Waals surface area contributed by atoms with E-state index < -0.39 is 11.9 Å². The molecule has 2 amide bonds. The van der Waals surface area contributed by atoms with E-state index >= 15 is 0 Å². The summed E-state index contributed by atoms with van der Waals surface area (Å²) in [5, 5.41) is 2.74. The molecule has 0 heterocycles. The largest absolute Gasteiger partial charge is 0.469 e. The molecule has 0 bridgehead atoms. The third kappa shape index (κ3) is 4.59. The number of primary amides is 1. The molecular formula is C12H13ClN2O4. The highest BCUT2D eigenvalue weighted by molar-refractivity contribution is 6.33. The van der Waals surface area contributed by atoms with Crippen molar-refractivity contribution in [1.29, 1.82) is 0 Å². The minimum atomic E-state index is -0.685. The predicted molar refractivity (Wildman–Crippen MR) is 69.8 cm³/mol. The van der Waals surface area contributed by atoms with Crippen LogP contribution >= 0.6 is 11.6 Å². The molecule has 0 unspecified atom stereocenters. The summed E-state index contributed by atoms with van der Waals surface area (Å²) in [5.41, 5.74) is 5.63. The van der Waals surface area contributed by atoms with Gasteiger partial charge in [-0.2, -0.15) is 0 Å². The van der Waals surface area contributed by atoms with E-state index in [1.165, 1.54) is 25.3 Å². The zero-order valence-corrected chi connectivity index (χ0v) is 11.0. The fourth-order valence-electron chi connectivity index (χ4n) is 1.33.